The van der Waals surface area contributed by atoms with Gasteiger partial charge in [0.15, 0.2) is 5.78 Å². The second-order valence-electron chi connectivity index (χ2n) is 4.79. The number of fused-ring (bicyclic) bond motifs is 1. The normalized spacial score (nSPS) is 17.4. The van der Waals surface area contributed by atoms with E-state index in [9.17, 15) is 4.79 Å². The van der Waals surface area contributed by atoms with Gasteiger partial charge in [0.05, 0.1) is 0 Å². The molecule has 0 aliphatic heterocycles. The predicted octanol–water partition coefficient (Wildman–Crippen LogP) is 2.99. The van der Waals surface area contributed by atoms with Gasteiger partial charge < -0.3 is 4.74 Å². The van der Waals surface area contributed by atoms with Gasteiger partial charge in [-0.15, -0.1) is 0 Å². The van der Waals surface area contributed by atoms with Crippen molar-refractivity contribution in [3.05, 3.63) is 42.2 Å². The third-order valence-corrected chi connectivity index (χ3v) is 3.88. The van der Waals surface area contributed by atoms with Crippen LogP contribution in [-0.2, 0) is 4.74 Å². The first-order chi connectivity index (χ1) is 8.77. The van der Waals surface area contributed by atoms with Crippen molar-refractivity contribution in [2.45, 2.75) is 24.9 Å². The molecule has 1 aromatic carbocycles. The van der Waals surface area contributed by atoms with Gasteiger partial charge >= 0.3 is 0 Å². The van der Waals surface area contributed by atoms with Crippen molar-refractivity contribution >= 4 is 16.6 Å². The standard InChI is InChI=1S/C15H15NO2/c1-18-15(7-4-8-15)14(17)13-10-16-9-11-5-2-3-6-12(11)13/h2-3,5-6,9-10H,4,7-8H2,1H3. The number of hydrogen-bond acceptors (Lipinski definition) is 3. The van der Waals surface area contributed by atoms with Gasteiger partial charge in [0.25, 0.3) is 0 Å². The van der Waals surface area contributed by atoms with Crippen LogP contribution in [0.5, 0.6) is 0 Å². The lowest BCUT2D eigenvalue weighted by Gasteiger charge is -2.38. The fourth-order valence-electron chi connectivity index (χ4n) is 2.56. The van der Waals surface area contributed by atoms with Crippen LogP contribution >= 0.6 is 0 Å². The molecule has 0 unspecified atom stereocenters. The highest BCUT2D eigenvalue weighted by Gasteiger charge is 2.45. The number of methoxy groups -OCH3 is 1. The van der Waals surface area contributed by atoms with E-state index >= 15 is 0 Å². The number of rotatable bonds is 3. The molecule has 92 valence electrons. The largest absolute Gasteiger partial charge is 0.370 e. The Kier molecular flexibility index (Phi) is 2.63. The number of carbonyl (C=O) groups is 1. The van der Waals surface area contributed by atoms with E-state index in [0.717, 1.165) is 30.0 Å². The minimum Gasteiger partial charge on any atom is -0.370 e. The SMILES string of the molecule is COC1(C(=O)c2cncc3ccccc23)CCC1. The van der Waals surface area contributed by atoms with Crippen molar-refractivity contribution in [1.29, 1.82) is 0 Å². The van der Waals surface area contributed by atoms with Gasteiger partial charge in [-0.1, -0.05) is 24.3 Å². The predicted molar refractivity (Wildman–Crippen MR) is 69.7 cm³/mol. The van der Waals surface area contributed by atoms with E-state index in [2.05, 4.69) is 4.98 Å². The van der Waals surface area contributed by atoms with Crippen LogP contribution in [0.3, 0.4) is 0 Å². The van der Waals surface area contributed by atoms with Gasteiger partial charge in [-0.25, -0.2) is 0 Å². The zero-order valence-corrected chi connectivity index (χ0v) is 10.3. The van der Waals surface area contributed by atoms with Crippen molar-refractivity contribution in [1.82, 2.24) is 4.98 Å². The second-order valence-corrected chi connectivity index (χ2v) is 4.79. The summed E-state index contributed by atoms with van der Waals surface area (Å²) in [5.41, 5.74) is 0.0702. The van der Waals surface area contributed by atoms with E-state index in [0.29, 0.717) is 5.56 Å². The molecule has 0 atom stereocenters. The Labute approximate surface area is 106 Å². The van der Waals surface area contributed by atoms with Crippen LogP contribution in [-0.4, -0.2) is 23.5 Å². The maximum absolute atomic E-state index is 12.6. The Hall–Kier alpha value is -1.74. The minimum atomic E-state index is -0.605. The van der Waals surface area contributed by atoms with Gasteiger partial charge in [0.2, 0.25) is 0 Å². The molecule has 0 N–H and O–H groups in total. The summed E-state index contributed by atoms with van der Waals surface area (Å²) in [6.45, 7) is 0. The highest BCUT2D eigenvalue weighted by molar-refractivity contribution is 6.11. The molecular formula is C15H15NO2. The van der Waals surface area contributed by atoms with Crippen molar-refractivity contribution in [3.63, 3.8) is 0 Å². The molecule has 1 aliphatic rings. The number of hydrogen-bond donors (Lipinski definition) is 0. The summed E-state index contributed by atoms with van der Waals surface area (Å²) >= 11 is 0. The fourth-order valence-corrected chi connectivity index (χ4v) is 2.56. The average Bonchev–Trinajstić information content (AvgIpc) is 2.37. The highest BCUT2D eigenvalue weighted by Crippen LogP contribution is 2.38. The summed E-state index contributed by atoms with van der Waals surface area (Å²) < 4.78 is 5.46. The number of carbonyl (C=O) groups excluding carboxylic acids is 1. The first-order valence-corrected chi connectivity index (χ1v) is 6.19. The number of ketones is 1. The zero-order valence-electron chi connectivity index (χ0n) is 10.3. The van der Waals surface area contributed by atoms with Crippen molar-refractivity contribution in [2.75, 3.05) is 7.11 Å². The fraction of sp³-hybridized carbons (Fsp3) is 0.333. The van der Waals surface area contributed by atoms with Crippen LogP contribution in [0, 0.1) is 0 Å². The first-order valence-electron chi connectivity index (χ1n) is 6.19. The molecule has 3 heteroatoms. The molecule has 0 radical (unpaired) electrons. The minimum absolute atomic E-state index is 0.0700. The van der Waals surface area contributed by atoms with E-state index < -0.39 is 5.60 Å². The summed E-state index contributed by atoms with van der Waals surface area (Å²) in [4.78, 5) is 16.8. The van der Waals surface area contributed by atoms with Gasteiger partial charge in [-0.05, 0) is 24.6 Å². The molecule has 18 heavy (non-hydrogen) atoms. The number of pyridine rings is 1. The van der Waals surface area contributed by atoms with Crippen molar-refractivity contribution in [2.24, 2.45) is 0 Å². The Bertz CT molecular complexity index is 591. The van der Waals surface area contributed by atoms with Crippen molar-refractivity contribution in [3.8, 4) is 0 Å². The van der Waals surface area contributed by atoms with Gasteiger partial charge in [0.1, 0.15) is 5.60 Å². The van der Waals surface area contributed by atoms with Crippen LogP contribution in [0.2, 0.25) is 0 Å². The summed E-state index contributed by atoms with van der Waals surface area (Å²) in [5, 5.41) is 1.95. The van der Waals surface area contributed by atoms with E-state index in [1.165, 1.54) is 0 Å². The number of Topliss-reactive ketones (excluding diaryl/α,β-unsaturated/α-hetero) is 1. The lowest BCUT2D eigenvalue weighted by Crippen LogP contribution is -2.47. The molecule has 0 amide bonds. The Balaban J connectivity index is 2.12. The quantitative estimate of drug-likeness (QED) is 0.775. The lowest BCUT2D eigenvalue weighted by molar-refractivity contribution is -0.0447. The van der Waals surface area contributed by atoms with Crippen LogP contribution < -0.4 is 0 Å². The van der Waals surface area contributed by atoms with Crippen LogP contribution in [0.15, 0.2) is 36.7 Å². The van der Waals surface area contributed by atoms with Gasteiger partial charge in [-0.2, -0.15) is 0 Å². The molecule has 3 nitrogen and oxygen atoms in total. The average molecular weight is 241 g/mol. The molecule has 1 saturated carbocycles. The number of ether oxygens (including phenoxy) is 1. The molecule has 1 heterocycles. The Morgan fingerprint density at radius 1 is 1.28 bits per heavy atom. The van der Waals surface area contributed by atoms with Crippen molar-refractivity contribution < 1.29 is 9.53 Å². The van der Waals surface area contributed by atoms with E-state index in [1.54, 1.807) is 19.5 Å². The molecule has 0 spiro atoms. The number of nitrogens with zero attached hydrogens (tertiary/aromatic N) is 1. The molecular weight excluding hydrogens is 226 g/mol. The van der Waals surface area contributed by atoms with Crippen LogP contribution in [0.1, 0.15) is 29.6 Å². The summed E-state index contributed by atoms with van der Waals surface area (Å²) in [5.74, 6) is 0.0700. The molecule has 0 saturated heterocycles. The highest BCUT2D eigenvalue weighted by atomic mass is 16.5. The first kappa shape index (κ1) is 11.4. The van der Waals surface area contributed by atoms with Crippen LogP contribution in [0.25, 0.3) is 10.8 Å². The molecule has 1 aliphatic carbocycles. The van der Waals surface area contributed by atoms with E-state index in [-0.39, 0.29) is 5.78 Å². The molecule has 1 fully saturated rings. The van der Waals surface area contributed by atoms with Gasteiger partial charge in [-0.3, -0.25) is 9.78 Å². The molecule has 2 aromatic rings. The second kappa shape index (κ2) is 4.18. The smallest absolute Gasteiger partial charge is 0.196 e. The summed E-state index contributed by atoms with van der Waals surface area (Å²) in [6.07, 6.45) is 6.12. The Morgan fingerprint density at radius 3 is 2.72 bits per heavy atom. The maximum atomic E-state index is 12.6. The van der Waals surface area contributed by atoms with E-state index in [4.69, 9.17) is 4.74 Å². The molecule has 1 aromatic heterocycles. The molecule has 0 bridgehead atoms. The number of aromatic nitrogens is 1. The number of benzene rings is 1. The summed E-state index contributed by atoms with van der Waals surface area (Å²) in [6, 6.07) is 7.83. The third-order valence-electron chi connectivity index (χ3n) is 3.88. The van der Waals surface area contributed by atoms with Gasteiger partial charge in [0, 0.05) is 30.5 Å². The monoisotopic (exact) mass is 241 g/mol. The molecule has 3 rings (SSSR count). The lowest BCUT2D eigenvalue weighted by atomic mass is 9.74. The van der Waals surface area contributed by atoms with Crippen LogP contribution in [0.4, 0.5) is 0 Å². The topological polar surface area (TPSA) is 39.2 Å². The Morgan fingerprint density at radius 2 is 2.06 bits per heavy atom. The third kappa shape index (κ3) is 1.55. The zero-order chi connectivity index (χ0) is 12.6. The maximum Gasteiger partial charge on any atom is 0.196 e. The summed E-state index contributed by atoms with van der Waals surface area (Å²) in [7, 11) is 1.62. The van der Waals surface area contributed by atoms with E-state index in [1.807, 2.05) is 24.3 Å².